The van der Waals surface area contributed by atoms with Gasteiger partial charge in [-0.25, -0.2) is 0 Å². The van der Waals surface area contributed by atoms with Crippen LogP contribution in [0.4, 0.5) is 0 Å². The molecule has 0 aromatic heterocycles. The van der Waals surface area contributed by atoms with Crippen molar-refractivity contribution in [3.8, 4) is 0 Å². The van der Waals surface area contributed by atoms with Crippen molar-refractivity contribution in [2.24, 2.45) is 11.7 Å². The summed E-state index contributed by atoms with van der Waals surface area (Å²) in [5, 5.41) is 0. The van der Waals surface area contributed by atoms with E-state index in [2.05, 4.69) is 11.9 Å². The molecule has 2 N–H and O–H groups in total. The Kier molecular flexibility index (Phi) is 6.80. The molecule has 4 nitrogen and oxygen atoms in total. The molecular weight excluding hydrogens is 240 g/mol. The molecule has 0 aliphatic heterocycles. The highest BCUT2D eigenvalue weighted by molar-refractivity contribution is 5.79. The summed E-state index contributed by atoms with van der Waals surface area (Å²) >= 11 is 0. The molecule has 1 fully saturated rings. The molecule has 112 valence electrons. The fourth-order valence-corrected chi connectivity index (χ4v) is 2.93. The van der Waals surface area contributed by atoms with Crippen LogP contribution >= 0.6 is 0 Å². The first kappa shape index (κ1) is 16.4. The van der Waals surface area contributed by atoms with E-state index < -0.39 is 5.54 Å². The molecule has 1 unspecified atom stereocenters. The zero-order chi connectivity index (χ0) is 14.3. The number of carbonyl (C=O) groups excluding carboxylic acids is 1. The Morgan fingerprint density at radius 2 is 2.00 bits per heavy atom. The average molecular weight is 270 g/mol. The third-order valence-electron chi connectivity index (χ3n) is 4.18. The Morgan fingerprint density at radius 1 is 1.37 bits per heavy atom. The fraction of sp³-hybridized carbons (Fsp3) is 0.933. The standard InChI is InChI=1S/C15H30N2O2/c1-15(16,14(18)19-3)10-6-7-11-17(2)12-13-8-4-5-9-13/h13H,4-12,16H2,1-3H3. The van der Waals surface area contributed by atoms with Crippen molar-refractivity contribution < 1.29 is 9.53 Å². The van der Waals surface area contributed by atoms with Crippen LogP contribution in [0.3, 0.4) is 0 Å². The first-order valence-electron chi connectivity index (χ1n) is 7.51. The molecule has 1 rings (SSSR count). The van der Waals surface area contributed by atoms with Crippen molar-refractivity contribution in [1.82, 2.24) is 4.90 Å². The van der Waals surface area contributed by atoms with Gasteiger partial charge in [-0.1, -0.05) is 12.8 Å². The van der Waals surface area contributed by atoms with Crippen LogP contribution in [-0.4, -0.2) is 43.7 Å². The molecule has 1 saturated carbocycles. The van der Waals surface area contributed by atoms with Crippen molar-refractivity contribution in [1.29, 1.82) is 0 Å². The van der Waals surface area contributed by atoms with Gasteiger partial charge in [0.25, 0.3) is 0 Å². The predicted molar refractivity (Wildman–Crippen MR) is 77.9 cm³/mol. The number of nitrogens with two attached hydrogens (primary N) is 1. The maximum atomic E-state index is 11.4. The summed E-state index contributed by atoms with van der Waals surface area (Å²) in [6.07, 6.45) is 8.36. The van der Waals surface area contributed by atoms with E-state index in [1.54, 1.807) is 6.92 Å². The topological polar surface area (TPSA) is 55.6 Å². The van der Waals surface area contributed by atoms with Gasteiger partial charge in [-0.15, -0.1) is 0 Å². The van der Waals surface area contributed by atoms with Gasteiger partial charge in [0.1, 0.15) is 5.54 Å². The molecule has 4 heteroatoms. The Balaban J connectivity index is 2.10. The summed E-state index contributed by atoms with van der Waals surface area (Å²) in [6, 6.07) is 0. The second-order valence-corrected chi connectivity index (χ2v) is 6.28. The van der Waals surface area contributed by atoms with Gasteiger partial charge in [0.2, 0.25) is 0 Å². The minimum atomic E-state index is -0.835. The number of hydrogen-bond donors (Lipinski definition) is 1. The van der Waals surface area contributed by atoms with Crippen molar-refractivity contribution in [2.75, 3.05) is 27.2 Å². The van der Waals surface area contributed by atoms with Crippen LogP contribution in [0.25, 0.3) is 0 Å². The molecule has 0 saturated heterocycles. The Hall–Kier alpha value is -0.610. The van der Waals surface area contributed by atoms with Crippen molar-refractivity contribution in [2.45, 2.75) is 57.4 Å². The molecule has 1 aliphatic rings. The van der Waals surface area contributed by atoms with Crippen LogP contribution in [0.15, 0.2) is 0 Å². The van der Waals surface area contributed by atoms with Gasteiger partial charge >= 0.3 is 5.97 Å². The molecule has 0 heterocycles. The van der Waals surface area contributed by atoms with E-state index in [1.807, 2.05) is 0 Å². The quantitative estimate of drug-likeness (QED) is 0.542. The number of nitrogens with zero attached hydrogens (tertiary/aromatic N) is 1. The van der Waals surface area contributed by atoms with Crippen molar-refractivity contribution in [3.63, 3.8) is 0 Å². The van der Waals surface area contributed by atoms with Gasteiger partial charge in [0.05, 0.1) is 7.11 Å². The van der Waals surface area contributed by atoms with Gasteiger partial charge in [-0.3, -0.25) is 4.79 Å². The normalized spacial score (nSPS) is 19.6. The van der Waals surface area contributed by atoms with Crippen LogP contribution in [0.1, 0.15) is 51.9 Å². The average Bonchev–Trinajstić information content (AvgIpc) is 2.86. The van der Waals surface area contributed by atoms with Crippen molar-refractivity contribution in [3.05, 3.63) is 0 Å². The molecule has 0 radical (unpaired) electrons. The van der Waals surface area contributed by atoms with E-state index in [1.165, 1.54) is 39.3 Å². The van der Waals surface area contributed by atoms with Crippen LogP contribution < -0.4 is 5.73 Å². The largest absolute Gasteiger partial charge is 0.468 e. The van der Waals surface area contributed by atoms with Gasteiger partial charge in [0.15, 0.2) is 0 Å². The second kappa shape index (κ2) is 7.85. The summed E-state index contributed by atoms with van der Waals surface area (Å²) in [4.78, 5) is 13.9. The number of carbonyl (C=O) groups is 1. The van der Waals surface area contributed by atoms with Gasteiger partial charge in [0, 0.05) is 6.54 Å². The van der Waals surface area contributed by atoms with E-state index in [0.29, 0.717) is 6.42 Å². The van der Waals surface area contributed by atoms with Crippen molar-refractivity contribution >= 4 is 5.97 Å². The molecule has 0 aromatic rings. The van der Waals surface area contributed by atoms with E-state index in [9.17, 15) is 4.79 Å². The van der Waals surface area contributed by atoms with E-state index >= 15 is 0 Å². The Labute approximate surface area is 117 Å². The predicted octanol–water partition coefficient (Wildman–Crippen LogP) is 2.17. The van der Waals surface area contributed by atoms with Crippen LogP contribution in [0.5, 0.6) is 0 Å². The molecule has 1 aliphatic carbocycles. The molecule has 1 atom stereocenters. The number of hydrogen-bond acceptors (Lipinski definition) is 4. The van der Waals surface area contributed by atoms with E-state index in [4.69, 9.17) is 10.5 Å². The lowest BCUT2D eigenvalue weighted by molar-refractivity contribution is -0.146. The highest BCUT2D eigenvalue weighted by Crippen LogP contribution is 2.25. The first-order chi connectivity index (χ1) is 8.95. The molecule has 0 spiro atoms. The smallest absolute Gasteiger partial charge is 0.325 e. The van der Waals surface area contributed by atoms with Crippen LogP contribution in [-0.2, 0) is 9.53 Å². The summed E-state index contributed by atoms with van der Waals surface area (Å²) in [5.41, 5.74) is 5.10. The van der Waals surface area contributed by atoms with Crippen LogP contribution in [0, 0.1) is 5.92 Å². The minimum Gasteiger partial charge on any atom is -0.468 e. The lowest BCUT2D eigenvalue weighted by atomic mass is 9.96. The van der Waals surface area contributed by atoms with Gasteiger partial charge in [-0.2, -0.15) is 0 Å². The molecule has 0 amide bonds. The van der Waals surface area contributed by atoms with E-state index in [-0.39, 0.29) is 5.97 Å². The summed E-state index contributed by atoms with van der Waals surface area (Å²) in [7, 11) is 3.59. The minimum absolute atomic E-state index is 0.313. The highest BCUT2D eigenvalue weighted by Gasteiger charge is 2.28. The number of esters is 1. The summed E-state index contributed by atoms with van der Waals surface area (Å²) in [6.45, 7) is 4.06. The fourth-order valence-electron chi connectivity index (χ4n) is 2.93. The maximum Gasteiger partial charge on any atom is 0.325 e. The SMILES string of the molecule is COC(=O)C(C)(N)CCCCN(C)CC1CCCC1. The monoisotopic (exact) mass is 270 g/mol. The number of rotatable bonds is 8. The van der Waals surface area contributed by atoms with E-state index in [0.717, 1.165) is 25.3 Å². The van der Waals surface area contributed by atoms with Crippen LogP contribution in [0.2, 0.25) is 0 Å². The number of unbranched alkanes of at least 4 members (excludes halogenated alkanes) is 1. The molecule has 19 heavy (non-hydrogen) atoms. The summed E-state index contributed by atoms with van der Waals surface area (Å²) < 4.78 is 4.71. The van der Waals surface area contributed by atoms with Gasteiger partial charge < -0.3 is 15.4 Å². The lowest BCUT2D eigenvalue weighted by Crippen LogP contribution is -2.45. The zero-order valence-corrected chi connectivity index (χ0v) is 12.8. The molecule has 0 aromatic carbocycles. The molecular formula is C15H30N2O2. The van der Waals surface area contributed by atoms with Gasteiger partial charge in [-0.05, 0) is 58.5 Å². The number of ether oxygens (including phenoxy) is 1. The third-order valence-corrected chi connectivity index (χ3v) is 4.18. The lowest BCUT2D eigenvalue weighted by Gasteiger charge is -2.23. The maximum absolute atomic E-state index is 11.4. The zero-order valence-electron chi connectivity index (χ0n) is 12.8. The Morgan fingerprint density at radius 3 is 2.58 bits per heavy atom. The Bertz CT molecular complexity index is 273. The highest BCUT2D eigenvalue weighted by atomic mass is 16.5. The third kappa shape index (κ3) is 5.91. The molecule has 0 bridgehead atoms. The first-order valence-corrected chi connectivity index (χ1v) is 7.51. The number of methoxy groups -OCH3 is 1. The second-order valence-electron chi connectivity index (χ2n) is 6.28. The summed E-state index contributed by atoms with van der Waals surface area (Å²) in [5.74, 6) is 0.589.